The number of hydrogen-bond donors (Lipinski definition) is 1. The molecule has 9 heteroatoms. The summed E-state index contributed by atoms with van der Waals surface area (Å²) in [4.78, 5) is 17.1. The number of ether oxygens (including phenoxy) is 2. The topological polar surface area (TPSA) is 95.7 Å². The summed E-state index contributed by atoms with van der Waals surface area (Å²) < 4.78 is 25.4. The third kappa shape index (κ3) is 4.42. The Hall–Kier alpha value is -2.89. The standard InChI is InChI=1S/C20H19ClFN3O4/c1-20(2)25(19(26)27)14(11-28-20)7-17(12-4-3-5-24-10-12)29-18-8-15(21)16(22)6-13(18)9-23/h3-6,8,10,14,17H,7,11H2,1-2H3,(H,26,27)/t14-,17+/m0/s1. The highest BCUT2D eigenvalue weighted by Crippen LogP contribution is 2.36. The smallest absolute Gasteiger partial charge is 0.409 e. The Kier molecular flexibility index (Phi) is 5.91. The molecule has 29 heavy (non-hydrogen) atoms. The van der Waals surface area contributed by atoms with E-state index in [0.717, 1.165) is 6.07 Å². The van der Waals surface area contributed by atoms with Gasteiger partial charge in [0.15, 0.2) is 0 Å². The van der Waals surface area contributed by atoms with Crippen molar-refractivity contribution in [2.24, 2.45) is 0 Å². The molecule has 1 fully saturated rings. The number of hydrogen-bond acceptors (Lipinski definition) is 5. The van der Waals surface area contributed by atoms with Crippen molar-refractivity contribution in [2.45, 2.75) is 38.1 Å². The van der Waals surface area contributed by atoms with E-state index in [1.807, 2.05) is 6.07 Å². The van der Waals surface area contributed by atoms with Gasteiger partial charge in [-0.2, -0.15) is 5.26 Å². The van der Waals surface area contributed by atoms with Gasteiger partial charge in [-0.25, -0.2) is 9.18 Å². The summed E-state index contributed by atoms with van der Waals surface area (Å²) in [5.74, 6) is -0.621. The molecular formula is C20H19ClFN3O4. The zero-order valence-electron chi connectivity index (χ0n) is 15.8. The lowest BCUT2D eigenvalue weighted by atomic mass is 10.0. The SMILES string of the molecule is CC1(C)OC[C@H](C[C@@H](Oc2cc(Cl)c(F)cc2C#N)c2cccnc2)N1C(=O)O. The first-order valence-corrected chi connectivity index (χ1v) is 9.22. The minimum Gasteiger partial charge on any atom is -0.484 e. The Labute approximate surface area is 172 Å². The van der Waals surface area contributed by atoms with E-state index in [-0.39, 0.29) is 29.4 Å². The predicted octanol–water partition coefficient (Wildman–Crippen LogP) is 4.37. The summed E-state index contributed by atoms with van der Waals surface area (Å²) >= 11 is 5.86. The van der Waals surface area contributed by atoms with Crippen molar-refractivity contribution in [3.8, 4) is 11.8 Å². The van der Waals surface area contributed by atoms with Gasteiger partial charge in [-0.3, -0.25) is 9.88 Å². The fourth-order valence-corrected chi connectivity index (χ4v) is 3.53. The molecule has 7 nitrogen and oxygen atoms in total. The maximum Gasteiger partial charge on any atom is 0.409 e. The second-order valence-electron chi connectivity index (χ2n) is 7.07. The number of halogens is 2. The molecule has 3 rings (SSSR count). The van der Waals surface area contributed by atoms with Crippen LogP contribution < -0.4 is 4.74 Å². The monoisotopic (exact) mass is 419 g/mol. The van der Waals surface area contributed by atoms with Crippen molar-refractivity contribution in [2.75, 3.05) is 6.61 Å². The van der Waals surface area contributed by atoms with Gasteiger partial charge in [0.2, 0.25) is 0 Å². The van der Waals surface area contributed by atoms with E-state index in [9.17, 15) is 19.6 Å². The van der Waals surface area contributed by atoms with Gasteiger partial charge in [0, 0.05) is 30.4 Å². The molecule has 1 saturated heterocycles. The Morgan fingerprint density at radius 1 is 1.59 bits per heavy atom. The molecule has 1 N–H and O–H groups in total. The number of amides is 1. The highest BCUT2D eigenvalue weighted by Gasteiger charge is 2.45. The van der Waals surface area contributed by atoms with Crippen molar-refractivity contribution in [1.29, 1.82) is 5.26 Å². The zero-order valence-corrected chi connectivity index (χ0v) is 16.6. The quantitative estimate of drug-likeness (QED) is 0.773. The van der Waals surface area contributed by atoms with Crippen LogP contribution in [0.4, 0.5) is 9.18 Å². The predicted molar refractivity (Wildman–Crippen MR) is 102 cm³/mol. The number of carboxylic acid groups (broad SMARTS) is 1. The summed E-state index contributed by atoms with van der Waals surface area (Å²) in [5, 5.41) is 18.8. The summed E-state index contributed by atoms with van der Waals surface area (Å²) in [6.45, 7) is 3.54. The Balaban J connectivity index is 1.95. The molecule has 0 saturated carbocycles. The highest BCUT2D eigenvalue weighted by molar-refractivity contribution is 6.30. The fraction of sp³-hybridized carbons (Fsp3) is 0.350. The van der Waals surface area contributed by atoms with Gasteiger partial charge >= 0.3 is 6.09 Å². The van der Waals surface area contributed by atoms with Crippen LogP contribution in [-0.4, -0.2) is 39.5 Å². The molecule has 1 aromatic heterocycles. The molecule has 152 valence electrons. The first-order chi connectivity index (χ1) is 13.7. The minimum atomic E-state index is -1.11. The zero-order chi connectivity index (χ0) is 21.2. The molecule has 0 bridgehead atoms. The molecule has 2 aromatic rings. The molecule has 1 aliphatic rings. The molecule has 1 aliphatic heterocycles. The molecular weight excluding hydrogens is 401 g/mol. The highest BCUT2D eigenvalue weighted by atomic mass is 35.5. The number of pyridine rings is 1. The maximum absolute atomic E-state index is 13.7. The van der Waals surface area contributed by atoms with Crippen molar-refractivity contribution in [3.63, 3.8) is 0 Å². The van der Waals surface area contributed by atoms with E-state index in [4.69, 9.17) is 21.1 Å². The van der Waals surface area contributed by atoms with Crippen LogP contribution in [0, 0.1) is 17.1 Å². The number of nitrogens with zero attached hydrogens (tertiary/aromatic N) is 3. The third-order valence-corrected chi connectivity index (χ3v) is 5.02. The van der Waals surface area contributed by atoms with E-state index >= 15 is 0 Å². The van der Waals surface area contributed by atoms with Gasteiger partial charge in [0.1, 0.15) is 29.5 Å². The van der Waals surface area contributed by atoms with Crippen LogP contribution in [-0.2, 0) is 4.74 Å². The number of aromatic nitrogens is 1. The molecule has 2 atom stereocenters. The van der Waals surface area contributed by atoms with E-state index in [1.54, 1.807) is 38.4 Å². The van der Waals surface area contributed by atoms with Crippen LogP contribution in [0.3, 0.4) is 0 Å². The average Bonchev–Trinajstić information content (AvgIpc) is 2.98. The Bertz CT molecular complexity index is 949. The third-order valence-electron chi connectivity index (χ3n) is 4.73. The van der Waals surface area contributed by atoms with E-state index < -0.39 is 29.8 Å². The lowest BCUT2D eigenvalue weighted by Gasteiger charge is -2.32. The van der Waals surface area contributed by atoms with Crippen molar-refractivity contribution >= 4 is 17.7 Å². The molecule has 1 aromatic carbocycles. The van der Waals surface area contributed by atoms with Crippen LogP contribution in [0.1, 0.15) is 37.5 Å². The molecule has 0 aliphatic carbocycles. The van der Waals surface area contributed by atoms with Crippen molar-refractivity contribution < 1.29 is 23.8 Å². The number of carbonyl (C=O) groups is 1. The van der Waals surface area contributed by atoms with Crippen LogP contribution in [0.5, 0.6) is 5.75 Å². The number of rotatable bonds is 5. The van der Waals surface area contributed by atoms with Gasteiger partial charge in [0.25, 0.3) is 0 Å². The van der Waals surface area contributed by atoms with Crippen LogP contribution in [0.2, 0.25) is 5.02 Å². The van der Waals surface area contributed by atoms with Gasteiger partial charge in [-0.15, -0.1) is 0 Å². The van der Waals surface area contributed by atoms with Crippen LogP contribution in [0.15, 0.2) is 36.7 Å². The Morgan fingerprint density at radius 3 is 2.97 bits per heavy atom. The van der Waals surface area contributed by atoms with Gasteiger partial charge in [0.05, 0.1) is 23.2 Å². The average molecular weight is 420 g/mol. The number of benzene rings is 1. The van der Waals surface area contributed by atoms with Gasteiger partial charge in [-0.1, -0.05) is 17.7 Å². The van der Waals surface area contributed by atoms with Crippen molar-refractivity contribution in [3.05, 3.63) is 58.6 Å². The first-order valence-electron chi connectivity index (χ1n) is 8.85. The van der Waals surface area contributed by atoms with Crippen LogP contribution >= 0.6 is 11.6 Å². The number of nitriles is 1. The molecule has 1 amide bonds. The fourth-order valence-electron chi connectivity index (χ4n) is 3.38. The van der Waals surface area contributed by atoms with Crippen LogP contribution in [0.25, 0.3) is 0 Å². The molecule has 2 heterocycles. The first kappa shape index (κ1) is 20.8. The van der Waals surface area contributed by atoms with E-state index in [1.165, 1.54) is 11.0 Å². The second-order valence-corrected chi connectivity index (χ2v) is 7.47. The Morgan fingerprint density at radius 2 is 2.34 bits per heavy atom. The van der Waals surface area contributed by atoms with E-state index in [0.29, 0.717) is 5.56 Å². The normalized spacial score (nSPS) is 18.9. The summed E-state index contributed by atoms with van der Waals surface area (Å²) in [5.41, 5.74) is -0.321. The lowest BCUT2D eigenvalue weighted by Crippen LogP contribution is -2.47. The van der Waals surface area contributed by atoms with Crippen molar-refractivity contribution in [1.82, 2.24) is 9.88 Å². The largest absolute Gasteiger partial charge is 0.484 e. The summed E-state index contributed by atoms with van der Waals surface area (Å²) in [6, 6.07) is 7.14. The summed E-state index contributed by atoms with van der Waals surface area (Å²) in [7, 11) is 0. The molecule has 0 spiro atoms. The lowest BCUT2D eigenvalue weighted by molar-refractivity contribution is -0.0428. The summed E-state index contributed by atoms with van der Waals surface area (Å²) in [6.07, 6.45) is 1.66. The molecule has 0 radical (unpaired) electrons. The maximum atomic E-state index is 13.7. The van der Waals surface area contributed by atoms with E-state index in [2.05, 4.69) is 4.98 Å². The van der Waals surface area contributed by atoms with Gasteiger partial charge in [-0.05, 0) is 26.0 Å². The van der Waals surface area contributed by atoms with Gasteiger partial charge < -0.3 is 14.6 Å². The second kappa shape index (κ2) is 8.23. The molecule has 0 unspecified atom stereocenters. The minimum absolute atomic E-state index is 0.0149.